The third kappa shape index (κ3) is 3.95. The van der Waals surface area contributed by atoms with Crippen LogP contribution in [-0.2, 0) is 10.8 Å². The van der Waals surface area contributed by atoms with Crippen molar-refractivity contribution in [1.82, 2.24) is 29.7 Å². The van der Waals surface area contributed by atoms with Crippen molar-refractivity contribution in [3.05, 3.63) is 12.7 Å². The van der Waals surface area contributed by atoms with E-state index in [-0.39, 0.29) is 12.0 Å². The lowest BCUT2D eigenvalue weighted by Gasteiger charge is -2.13. The average Bonchev–Trinajstić information content (AvgIpc) is 2.89. The summed E-state index contributed by atoms with van der Waals surface area (Å²) in [7, 11) is -0.817. The highest BCUT2D eigenvalue weighted by molar-refractivity contribution is 7.84. The molecule has 2 atom stereocenters. The lowest BCUT2D eigenvalue weighted by atomic mass is 10.3. The molecule has 2 unspecified atom stereocenters. The quantitative estimate of drug-likeness (QED) is 0.738. The smallest absolute Gasteiger partial charge is 0.258 e. The summed E-state index contributed by atoms with van der Waals surface area (Å²) in [5.74, 6) is 1.37. The molecule has 0 aliphatic rings. The minimum absolute atomic E-state index is 0.0734. The molecule has 2 heterocycles. The molecule has 20 heavy (non-hydrogen) atoms. The summed E-state index contributed by atoms with van der Waals surface area (Å²) in [6, 6.07) is 0.0734. The van der Waals surface area contributed by atoms with Crippen LogP contribution in [0.4, 0.5) is 11.9 Å². The number of anilines is 2. The van der Waals surface area contributed by atoms with Crippen LogP contribution < -0.4 is 11.1 Å². The first-order chi connectivity index (χ1) is 9.54. The highest BCUT2D eigenvalue weighted by atomic mass is 32.2. The number of nitrogens with one attached hydrogen (secondary N) is 1. The lowest BCUT2D eigenvalue weighted by Crippen LogP contribution is -2.21. The Kier molecular flexibility index (Phi) is 4.56. The molecule has 0 amide bonds. The van der Waals surface area contributed by atoms with Crippen molar-refractivity contribution in [1.29, 1.82) is 0 Å². The molecule has 0 spiro atoms. The van der Waals surface area contributed by atoms with E-state index in [1.807, 2.05) is 6.92 Å². The summed E-state index contributed by atoms with van der Waals surface area (Å²) in [6.45, 7) is 1.96. The number of nitrogens with zero attached hydrogens (tertiary/aromatic N) is 6. The zero-order chi connectivity index (χ0) is 14.5. The Morgan fingerprint density at radius 1 is 1.45 bits per heavy atom. The summed E-state index contributed by atoms with van der Waals surface area (Å²) >= 11 is 0. The summed E-state index contributed by atoms with van der Waals surface area (Å²) in [6.07, 6.45) is 5.28. The molecule has 0 bridgehead atoms. The van der Waals surface area contributed by atoms with Crippen molar-refractivity contribution >= 4 is 22.7 Å². The number of aromatic nitrogens is 6. The fourth-order valence-corrected chi connectivity index (χ4v) is 2.18. The lowest BCUT2D eigenvalue weighted by molar-refractivity contribution is 0.677. The first-order valence-corrected chi connectivity index (χ1v) is 7.70. The highest BCUT2D eigenvalue weighted by Crippen LogP contribution is 2.08. The summed E-state index contributed by atoms with van der Waals surface area (Å²) in [4.78, 5) is 16.0. The second-order valence-electron chi connectivity index (χ2n) is 4.27. The molecular weight excluding hydrogens is 280 g/mol. The zero-order valence-corrected chi connectivity index (χ0v) is 12.0. The van der Waals surface area contributed by atoms with E-state index in [4.69, 9.17) is 5.73 Å². The molecule has 0 saturated carbocycles. The second-order valence-corrected chi connectivity index (χ2v) is 5.82. The monoisotopic (exact) mass is 296 g/mol. The van der Waals surface area contributed by atoms with Crippen LogP contribution in [0.5, 0.6) is 0 Å². The summed E-state index contributed by atoms with van der Waals surface area (Å²) in [5.41, 5.74) is 5.65. The molecule has 2 rings (SSSR count). The largest absolute Gasteiger partial charge is 0.368 e. The van der Waals surface area contributed by atoms with E-state index in [2.05, 4.69) is 30.4 Å². The van der Waals surface area contributed by atoms with Crippen LogP contribution in [0.2, 0.25) is 0 Å². The standard InChI is InChI=1S/C10H16N8OS/c1-7(3-4-20(2)19)14-9-15-8(11)16-10(17-9)18-6-12-5-13-18/h5-7H,3-4H2,1-2H3,(H3,11,14,15,16,17). The number of nitrogen functional groups attached to an aromatic ring is 1. The van der Waals surface area contributed by atoms with Gasteiger partial charge in [0.1, 0.15) is 12.7 Å². The predicted molar refractivity (Wildman–Crippen MR) is 75.8 cm³/mol. The van der Waals surface area contributed by atoms with E-state index in [9.17, 15) is 4.21 Å². The Balaban J connectivity index is 2.10. The van der Waals surface area contributed by atoms with Gasteiger partial charge in [-0.05, 0) is 13.3 Å². The molecule has 0 aliphatic heterocycles. The van der Waals surface area contributed by atoms with Crippen LogP contribution in [0.1, 0.15) is 13.3 Å². The number of hydrogen-bond acceptors (Lipinski definition) is 8. The van der Waals surface area contributed by atoms with Gasteiger partial charge < -0.3 is 11.1 Å². The summed E-state index contributed by atoms with van der Waals surface area (Å²) < 4.78 is 12.5. The van der Waals surface area contributed by atoms with Gasteiger partial charge in [0, 0.05) is 28.9 Å². The minimum atomic E-state index is -0.817. The van der Waals surface area contributed by atoms with Crippen molar-refractivity contribution in [3.8, 4) is 5.95 Å². The molecular formula is C10H16N8OS. The molecule has 0 fully saturated rings. The van der Waals surface area contributed by atoms with Gasteiger partial charge in [0.25, 0.3) is 5.95 Å². The first-order valence-electron chi connectivity index (χ1n) is 5.97. The fraction of sp³-hybridized carbons (Fsp3) is 0.500. The van der Waals surface area contributed by atoms with E-state index < -0.39 is 10.8 Å². The van der Waals surface area contributed by atoms with Crippen molar-refractivity contribution in [2.75, 3.05) is 23.1 Å². The molecule has 0 aliphatic carbocycles. The number of nitrogens with two attached hydrogens (primary N) is 1. The Hall–Kier alpha value is -2.10. The van der Waals surface area contributed by atoms with Crippen LogP contribution in [0, 0.1) is 0 Å². The maximum atomic E-state index is 11.1. The number of hydrogen-bond donors (Lipinski definition) is 2. The van der Waals surface area contributed by atoms with E-state index in [1.54, 1.807) is 6.26 Å². The molecule has 3 N–H and O–H groups in total. The van der Waals surface area contributed by atoms with E-state index in [1.165, 1.54) is 17.3 Å². The van der Waals surface area contributed by atoms with Gasteiger partial charge in [0.15, 0.2) is 0 Å². The minimum Gasteiger partial charge on any atom is -0.368 e. The van der Waals surface area contributed by atoms with Gasteiger partial charge in [-0.25, -0.2) is 4.98 Å². The van der Waals surface area contributed by atoms with E-state index >= 15 is 0 Å². The normalized spacial score (nSPS) is 13.9. The van der Waals surface area contributed by atoms with Gasteiger partial charge in [-0.3, -0.25) is 4.21 Å². The van der Waals surface area contributed by atoms with E-state index in [0.717, 1.165) is 6.42 Å². The van der Waals surface area contributed by atoms with Crippen molar-refractivity contribution in [2.24, 2.45) is 0 Å². The topological polar surface area (TPSA) is 125 Å². The zero-order valence-electron chi connectivity index (χ0n) is 11.2. The van der Waals surface area contributed by atoms with Crippen LogP contribution in [-0.4, -0.2) is 52.0 Å². The van der Waals surface area contributed by atoms with Crippen molar-refractivity contribution in [3.63, 3.8) is 0 Å². The van der Waals surface area contributed by atoms with Gasteiger partial charge in [-0.15, -0.1) is 0 Å². The van der Waals surface area contributed by atoms with Gasteiger partial charge in [0.05, 0.1) is 0 Å². The van der Waals surface area contributed by atoms with Crippen LogP contribution >= 0.6 is 0 Å². The Bertz CT molecular complexity index is 587. The molecule has 10 heteroatoms. The Labute approximate surface area is 118 Å². The molecule has 0 aromatic carbocycles. The molecule has 2 aromatic rings. The van der Waals surface area contributed by atoms with Crippen LogP contribution in [0.25, 0.3) is 5.95 Å². The van der Waals surface area contributed by atoms with Gasteiger partial charge in [-0.1, -0.05) is 0 Å². The maximum absolute atomic E-state index is 11.1. The van der Waals surface area contributed by atoms with Crippen molar-refractivity contribution in [2.45, 2.75) is 19.4 Å². The Morgan fingerprint density at radius 2 is 2.25 bits per heavy atom. The van der Waals surface area contributed by atoms with E-state index in [0.29, 0.717) is 17.6 Å². The SMILES string of the molecule is CC(CCS(C)=O)Nc1nc(N)nc(-n2cncn2)n1. The van der Waals surface area contributed by atoms with Gasteiger partial charge >= 0.3 is 0 Å². The highest BCUT2D eigenvalue weighted by Gasteiger charge is 2.10. The van der Waals surface area contributed by atoms with Crippen LogP contribution in [0.3, 0.4) is 0 Å². The molecule has 2 aromatic heterocycles. The van der Waals surface area contributed by atoms with Crippen LogP contribution in [0.15, 0.2) is 12.7 Å². The number of rotatable bonds is 6. The molecule has 9 nitrogen and oxygen atoms in total. The van der Waals surface area contributed by atoms with Gasteiger partial charge in [0.2, 0.25) is 11.9 Å². The molecule has 108 valence electrons. The Morgan fingerprint density at radius 3 is 2.90 bits per heavy atom. The second kappa shape index (κ2) is 6.37. The van der Waals surface area contributed by atoms with Crippen molar-refractivity contribution < 1.29 is 4.21 Å². The first kappa shape index (κ1) is 14.3. The summed E-state index contributed by atoms with van der Waals surface area (Å²) in [5, 5.41) is 7.04. The third-order valence-corrected chi connectivity index (χ3v) is 3.29. The molecule has 0 radical (unpaired) electrons. The molecule has 0 saturated heterocycles. The van der Waals surface area contributed by atoms with Gasteiger partial charge in [-0.2, -0.15) is 24.7 Å². The third-order valence-electron chi connectivity index (χ3n) is 2.48. The predicted octanol–water partition coefficient (Wildman–Crippen LogP) is -0.396. The fourth-order valence-electron chi connectivity index (χ4n) is 1.49. The maximum Gasteiger partial charge on any atom is 0.258 e. The average molecular weight is 296 g/mol.